The molecule has 0 saturated carbocycles. The zero-order valence-corrected chi connectivity index (χ0v) is 18.2. The predicted octanol–water partition coefficient (Wildman–Crippen LogP) is 5.00. The highest BCUT2D eigenvalue weighted by atomic mass is 19.1. The molecule has 0 bridgehead atoms. The van der Waals surface area contributed by atoms with E-state index in [9.17, 15) is 4.39 Å². The van der Waals surface area contributed by atoms with Gasteiger partial charge in [-0.3, -0.25) is 19.9 Å². The van der Waals surface area contributed by atoms with Crippen molar-refractivity contribution < 1.29 is 8.78 Å². The third kappa shape index (κ3) is 4.27. The van der Waals surface area contributed by atoms with Crippen LogP contribution in [0.3, 0.4) is 0 Å². The Balaban J connectivity index is 1.36. The fourth-order valence-corrected chi connectivity index (χ4v) is 3.57. The van der Waals surface area contributed by atoms with Crippen LogP contribution in [0, 0.1) is 11.6 Å². The van der Waals surface area contributed by atoms with E-state index >= 15 is 4.39 Å². The minimum atomic E-state index is -0.646. The Kier molecular flexibility index (Phi) is 5.82. The van der Waals surface area contributed by atoms with E-state index in [1.807, 2.05) is 19.1 Å². The molecular weight excluding hydrogens is 436 g/mol. The van der Waals surface area contributed by atoms with Gasteiger partial charge in [0.25, 0.3) is 0 Å². The molecule has 0 aromatic carbocycles. The van der Waals surface area contributed by atoms with E-state index in [0.29, 0.717) is 22.3 Å². The van der Waals surface area contributed by atoms with Crippen molar-refractivity contribution in [2.45, 2.75) is 19.9 Å². The summed E-state index contributed by atoms with van der Waals surface area (Å²) in [6.45, 7) is 2.11. The van der Waals surface area contributed by atoms with E-state index in [4.69, 9.17) is 0 Å². The number of fused-ring (bicyclic) bond motifs is 1. The third-order valence-electron chi connectivity index (χ3n) is 5.33. The average Bonchev–Trinajstić information content (AvgIpc) is 2.88. The highest BCUT2D eigenvalue weighted by Gasteiger charge is 2.15. The SMILES string of the molecule is CCc1cc(-c2ncc(CNc3ncnc(-c4cc5cccnc5cn4)c3F)cc2F)ccn1. The zero-order valence-electron chi connectivity index (χ0n) is 18.2. The first-order valence-electron chi connectivity index (χ1n) is 10.7. The Morgan fingerprint density at radius 3 is 2.62 bits per heavy atom. The lowest BCUT2D eigenvalue weighted by atomic mass is 10.1. The summed E-state index contributed by atoms with van der Waals surface area (Å²) in [5.41, 5.74) is 3.44. The van der Waals surface area contributed by atoms with Gasteiger partial charge >= 0.3 is 0 Å². The second-order valence-electron chi connectivity index (χ2n) is 7.57. The molecule has 0 fully saturated rings. The van der Waals surface area contributed by atoms with Crippen molar-refractivity contribution in [2.24, 2.45) is 0 Å². The van der Waals surface area contributed by atoms with Gasteiger partial charge in [-0.25, -0.2) is 18.7 Å². The minimum absolute atomic E-state index is 0.00992. The molecule has 0 aliphatic carbocycles. The van der Waals surface area contributed by atoms with Crippen LogP contribution in [0.2, 0.25) is 0 Å². The summed E-state index contributed by atoms with van der Waals surface area (Å²) < 4.78 is 29.9. The minimum Gasteiger partial charge on any atom is -0.363 e. The Labute approximate surface area is 194 Å². The maximum Gasteiger partial charge on any atom is 0.193 e. The number of rotatable bonds is 6. The molecule has 5 rings (SSSR count). The first-order valence-corrected chi connectivity index (χ1v) is 10.7. The van der Waals surface area contributed by atoms with Crippen LogP contribution in [0.1, 0.15) is 18.2 Å². The molecule has 0 aliphatic heterocycles. The van der Waals surface area contributed by atoms with Gasteiger partial charge in [0.05, 0.1) is 17.4 Å². The van der Waals surface area contributed by atoms with E-state index in [2.05, 4.69) is 35.2 Å². The number of nitrogens with zero attached hydrogens (tertiary/aromatic N) is 6. The first kappa shape index (κ1) is 21.4. The second kappa shape index (κ2) is 9.22. The Morgan fingerprint density at radius 2 is 1.76 bits per heavy atom. The number of hydrogen-bond acceptors (Lipinski definition) is 7. The van der Waals surface area contributed by atoms with Crippen molar-refractivity contribution >= 4 is 16.7 Å². The standard InChI is InChI=1S/C25H19F2N7/c1-2-18-9-17(5-7-28-18)23-19(26)8-15(11-31-23)12-32-25-22(27)24(33-14-34-25)20-10-16-4-3-6-29-21(16)13-30-20/h3-11,13-14H,2,12H2,1H3,(H,32,33,34). The summed E-state index contributed by atoms with van der Waals surface area (Å²) in [5.74, 6) is -1.12. The summed E-state index contributed by atoms with van der Waals surface area (Å²) in [4.78, 5) is 25.0. The molecule has 0 spiro atoms. The van der Waals surface area contributed by atoms with Crippen molar-refractivity contribution in [1.82, 2.24) is 29.9 Å². The number of pyridine rings is 4. The number of aromatic nitrogens is 6. The van der Waals surface area contributed by atoms with Crippen LogP contribution in [0.25, 0.3) is 33.5 Å². The molecule has 5 heterocycles. The molecule has 168 valence electrons. The van der Waals surface area contributed by atoms with Crippen molar-refractivity contribution in [1.29, 1.82) is 0 Å². The van der Waals surface area contributed by atoms with Crippen molar-refractivity contribution in [2.75, 3.05) is 5.32 Å². The van der Waals surface area contributed by atoms with E-state index in [0.717, 1.165) is 17.5 Å². The van der Waals surface area contributed by atoms with Crippen molar-refractivity contribution in [3.63, 3.8) is 0 Å². The normalized spacial score (nSPS) is 11.0. The van der Waals surface area contributed by atoms with Gasteiger partial charge < -0.3 is 5.32 Å². The van der Waals surface area contributed by atoms with Crippen LogP contribution in [-0.2, 0) is 13.0 Å². The molecule has 0 amide bonds. The molecule has 7 nitrogen and oxygen atoms in total. The van der Waals surface area contributed by atoms with Gasteiger partial charge in [-0.15, -0.1) is 0 Å². The van der Waals surface area contributed by atoms with E-state index < -0.39 is 11.6 Å². The third-order valence-corrected chi connectivity index (χ3v) is 5.33. The maximum absolute atomic E-state index is 15.2. The fraction of sp³-hybridized carbons (Fsp3) is 0.120. The molecule has 0 unspecified atom stereocenters. The van der Waals surface area contributed by atoms with Gasteiger partial charge in [0, 0.05) is 41.8 Å². The van der Waals surface area contributed by atoms with Gasteiger partial charge in [-0.1, -0.05) is 13.0 Å². The molecule has 0 aliphatic rings. The van der Waals surface area contributed by atoms with E-state index in [1.165, 1.54) is 12.4 Å². The molecular formula is C25H19F2N7. The lowest BCUT2D eigenvalue weighted by Gasteiger charge is -2.10. The quantitative estimate of drug-likeness (QED) is 0.386. The summed E-state index contributed by atoms with van der Waals surface area (Å²) in [7, 11) is 0. The molecule has 34 heavy (non-hydrogen) atoms. The van der Waals surface area contributed by atoms with Crippen LogP contribution in [0.15, 0.2) is 67.5 Å². The summed E-state index contributed by atoms with van der Waals surface area (Å²) in [6.07, 6.45) is 8.43. The Bertz CT molecular complexity index is 1490. The summed E-state index contributed by atoms with van der Waals surface area (Å²) in [5, 5.41) is 3.72. The number of aryl methyl sites for hydroxylation is 1. The van der Waals surface area contributed by atoms with E-state index in [-0.39, 0.29) is 23.8 Å². The molecule has 5 aromatic heterocycles. The monoisotopic (exact) mass is 455 g/mol. The second-order valence-corrected chi connectivity index (χ2v) is 7.57. The molecule has 5 aromatic rings. The maximum atomic E-state index is 15.2. The van der Waals surface area contributed by atoms with Gasteiger partial charge in [0.1, 0.15) is 23.5 Å². The Hall–Kier alpha value is -4.40. The zero-order chi connectivity index (χ0) is 23.5. The average molecular weight is 455 g/mol. The fourth-order valence-electron chi connectivity index (χ4n) is 3.57. The van der Waals surface area contributed by atoms with Crippen LogP contribution < -0.4 is 5.32 Å². The summed E-state index contributed by atoms with van der Waals surface area (Å²) >= 11 is 0. The van der Waals surface area contributed by atoms with Gasteiger partial charge in [0.2, 0.25) is 0 Å². The summed E-state index contributed by atoms with van der Waals surface area (Å²) in [6, 6.07) is 10.3. The highest BCUT2D eigenvalue weighted by molar-refractivity contribution is 5.81. The number of halogens is 2. The largest absolute Gasteiger partial charge is 0.363 e. The first-order chi connectivity index (χ1) is 16.6. The van der Waals surface area contributed by atoms with Gasteiger partial charge in [-0.2, -0.15) is 0 Å². The van der Waals surface area contributed by atoms with E-state index in [1.54, 1.807) is 43.0 Å². The van der Waals surface area contributed by atoms with Crippen LogP contribution in [0.5, 0.6) is 0 Å². The van der Waals surface area contributed by atoms with Crippen molar-refractivity contribution in [3.8, 4) is 22.6 Å². The molecule has 0 radical (unpaired) electrons. The molecule has 1 N–H and O–H groups in total. The molecule has 9 heteroatoms. The molecule has 0 saturated heterocycles. The topological polar surface area (TPSA) is 89.4 Å². The highest BCUT2D eigenvalue weighted by Crippen LogP contribution is 2.26. The lowest BCUT2D eigenvalue weighted by Crippen LogP contribution is -2.07. The predicted molar refractivity (Wildman–Crippen MR) is 125 cm³/mol. The Morgan fingerprint density at radius 1 is 0.853 bits per heavy atom. The molecule has 0 atom stereocenters. The van der Waals surface area contributed by atoms with Gasteiger partial charge in [-0.05, 0) is 42.3 Å². The number of anilines is 1. The van der Waals surface area contributed by atoms with Crippen molar-refractivity contribution in [3.05, 3.63) is 90.4 Å². The smallest absolute Gasteiger partial charge is 0.193 e. The van der Waals surface area contributed by atoms with Crippen LogP contribution in [0.4, 0.5) is 14.6 Å². The number of hydrogen-bond donors (Lipinski definition) is 1. The lowest BCUT2D eigenvalue weighted by molar-refractivity contribution is 0.618. The van der Waals surface area contributed by atoms with Gasteiger partial charge in [0.15, 0.2) is 11.6 Å². The number of nitrogens with one attached hydrogen (secondary N) is 1. The van der Waals surface area contributed by atoms with Crippen LogP contribution in [-0.4, -0.2) is 29.9 Å². The van der Waals surface area contributed by atoms with Crippen LogP contribution >= 0.6 is 0 Å².